The Morgan fingerprint density at radius 2 is 2.06 bits per heavy atom. The van der Waals surface area contributed by atoms with Crippen molar-refractivity contribution in [2.45, 2.75) is 31.7 Å². The molecule has 17 heavy (non-hydrogen) atoms. The van der Waals surface area contributed by atoms with Gasteiger partial charge in [0.2, 0.25) is 0 Å². The third kappa shape index (κ3) is 4.69. The van der Waals surface area contributed by atoms with E-state index in [0.717, 1.165) is 5.56 Å². The monoisotopic (exact) mass is 236 g/mol. The van der Waals surface area contributed by atoms with Crippen LogP contribution in [-0.4, -0.2) is 28.5 Å². The first kappa shape index (κ1) is 13.9. The molecule has 0 unspecified atom stereocenters. The van der Waals surface area contributed by atoms with E-state index in [1.54, 1.807) is 0 Å². The molecule has 0 spiro atoms. The number of ether oxygens (including phenoxy) is 1. The van der Waals surface area contributed by atoms with Crippen LogP contribution in [0.2, 0.25) is 0 Å². The van der Waals surface area contributed by atoms with Gasteiger partial charge < -0.3 is 14.9 Å². The Bertz CT molecular complexity index is 333. The number of hydrogen-bond donors (Lipinski definition) is 2. The van der Waals surface area contributed by atoms with Gasteiger partial charge in [0.15, 0.2) is 0 Å². The van der Waals surface area contributed by atoms with Gasteiger partial charge in [-0.1, -0.05) is 36.4 Å². The number of benzene rings is 1. The van der Waals surface area contributed by atoms with Crippen LogP contribution in [0.1, 0.15) is 18.9 Å². The molecule has 0 saturated heterocycles. The molecule has 2 N–H and O–H groups in total. The summed E-state index contributed by atoms with van der Waals surface area (Å²) >= 11 is 0. The lowest BCUT2D eigenvalue weighted by atomic mass is 9.97. The molecule has 0 heterocycles. The van der Waals surface area contributed by atoms with Gasteiger partial charge in [-0.25, -0.2) is 0 Å². The summed E-state index contributed by atoms with van der Waals surface area (Å²) in [4.78, 5) is 0. The van der Waals surface area contributed by atoms with E-state index in [2.05, 4.69) is 6.58 Å². The first-order valence-electron chi connectivity index (χ1n) is 5.72. The van der Waals surface area contributed by atoms with Crippen LogP contribution in [0.25, 0.3) is 0 Å². The molecule has 0 radical (unpaired) electrons. The second-order valence-electron chi connectivity index (χ2n) is 4.27. The Morgan fingerprint density at radius 3 is 2.65 bits per heavy atom. The molecule has 3 nitrogen and oxygen atoms in total. The lowest BCUT2D eigenvalue weighted by molar-refractivity contribution is -0.0437. The Morgan fingerprint density at radius 1 is 1.41 bits per heavy atom. The van der Waals surface area contributed by atoms with Crippen molar-refractivity contribution in [2.24, 2.45) is 0 Å². The third-order valence-electron chi connectivity index (χ3n) is 2.74. The number of hydrogen-bond acceptors (Lipinski definition) is 3. The van der Waals surface area contributed by atoms with Gasteiger partial charge in [0.25, 0.3) is 0 Å². The second-order valence-corrected chi connectivity index (χ2v) is 4.27. The lowest BCUT2D eigenvalue weighted by Gasteiger charge is -2.25. The van der Waals surface area contributed by atoms with Crippen molar-refractivity contribution in [2.75, 3.05) is 6.61 Å². The summed E-state index contributed by atoms with van der Waals surface area (Å²) in [5.74, 6) is 0. The highest BCUT2D eigenvalue weighted by atomic mass is 16.5. The summed E-state index contributed by atoms with van der Waals surface area (Å²) in [5.41, 5.74) is -0.159. The summed E-state index contributed by atoms with van der Waals surface area (Å²) in [6.45, 7) is 5.93. The Kier molecular flexibility index (Phi) is 5.35. The zero-order chi connectivity index (χ0) is 12.7. The summed E-state index contributed by atoms with van der Waals surface area (Å²) < 4.78 is 5.42. The van der Waals surface area contributed by atoms with E-state index >= 15 is 0 Å². The predicted octanol–water partition coefficient (Wildman–Crippen LogP) is 1.89. The zero-order valence-corrected chi connectivity index (χ0v) is 10.2. The van der Waals surface area contributed by atoms with E-state index in [4.69, 9.17) is 4.74 Å². The largest absolute Gasteiger partial charge is 0.390 e. The first-order valence-corrected chi connectivity index (χ1v) is 5.72. The minimum Gasteiger partial charge on any atom is -0.390 e. The summed E-state index contributed by atoms with van der Waals surface area (Å²) in [7, 11) is 0. The van der Waals surface area contributed by atoms with E-state index in [-0.39, 0.29) is 0 Å². The minimum absolute atomic E-state index is 0.381. The highest BCUT2D eigenvalue weighted by molar-refractivity contribution is 5.13. The van der Waals surface area contributed by atoms with Crippen molar-refractivity contribution in [3.8, 4) is 0 Å². The van der Waals surface area contributed by atoms with Gasteiger partial charge in [-0.15, -0.1) is 6.58 Å². The molecule has 1 aromatic carbocycles. The fourth-order valence-corrected chi connectivity index (χ4v) is 1.39. The Balaban J connectivity index is 2.23. The molecular weight excluding hydrogens is 216 g/mol. The molecule has 0 amide bonds. The topological polar surface area (TPSA) is 49.7 Å². The average molecular weight is 236 g/mol. The third-order valence-corrected chi connectivity index (χ3v) is 2.74. The molecule has 0 aromatic heterocycles. The smallest absolute Gasteiger partial charge is 0.106 e. The minimum atomic E-state index is -1.25. The number of aliphatic hydroxyl groups excluding tert-OH is 1. The van der Waals surface area contributed by atoms with Crippen molar-refractivity contribution < 1.29 is 14.9 Å². The van der Waals surface area contributed by atoms with E-state index in [1.165, 1.54) is 13.0 Å². The highest BCUT2D eigenvalue weighted by Gasteiger charge is 2.25. The molecule has 0 fully saturated rings. The predicted molar refractivity (Wildman–Crippen MR) is 67.5 cm³/mol. The summed E-state index contributed by atoms with van der Waals surface area (Å²) in [6, 6.07) is 9.83. The molecule has 0 saturated carbocycles. The maximum absolute atomic E-state index is 9.68. The van der Waals surface area contributed by atoms with E-state index < -0.39 is 11.7 Å². The van der Waals surface area contributed by atoms with Crippen LogP contribution in [0.4, 0.5) is 0 Å². The zero-order valence-electron chi connectivity index (χ0n) is 10.2. The quantitative estimate of drug-likeness (QED) is 0.561. The van der Waals surface area contributed by atoms with Crippen LogP contribution in [0.3, 0.4) is 0 Å². The fraction of sp³-hybridized carbons (Fsp3) is 0.429. The highest BCUT2D eigenvalue weighted by Crippen LogP contribution is 2.14. The van der Waals surface area contributed by atoms with Gasteiger partial charge in [-0.2, -0.15) is 0 Å². The van der Waals surface area contributed by atoms with E-state index in [0.29, 0.717) is 19.6 Å². The van der Waals surface area contributed by atoms with Crippen molar-refractivity contribution in [1.29, 1.82) is 0 Å². The molecule has 0 bridgehead atoms. The van der Waals surface area contributed by atoms with Crippen LogP contribution in [-0.2, 0) is 11.3 Å². The van der Waals surface area contributed by atoms with Gasteiger partial charge in [-0.3, -0.25) is 0 Å². The van der Waals surface area contributed by atoms with Crippen LogP contribution in [0.15, 0.2) is 43.0 Å². The van der Waals surface area contributed by atoms with E-state index in [1.807, 2.05) is 30.3 Å². The van der Waals surface area contributed by atoms with Gasteiger partial charge >= 0.3 is 0 Å². The fourth-order valence-electron chi connectivity index (χ4n) is 1.39. The van der Waals surface area contributed by atoms with Crippen LogP contribution < -0.4 is 0 Å². The second kappa shape index (κ2) is 6.55. The summed E-state index contributed by atoms with van der Waals surface area (Å²) in [6.07, 6.45) is 0.872. The molecule has 94 valence electrons. The molecule has 3 heteroatoms. The molecular formula is C14H20O3. The van der Waals surface area contributed by atoms with Crippen molar-refractivity contribution >= 4 is 0 Å². The van der Waals surface area contributed by atoms with E-state index in [9.17, 15) is 10.2 Å². The van der Waals surface area contributed by atoms with Gasteiger partial charge in [0, 0.05) is 6.61 Å². The number of rotatable bonds is 7. The lowest BCUT2D eigenvalue weighted by Crippen LogP contribution is -2.37. The van der Waals surface area contributed by atoms with Gasteiger partial charge in [0.1, 0.15) is 5.60 Å². The average Bonchev–Trinajstić information content (AvgIpc) is 2.35. The van der Waals surface area contributed by atoms with Crippen molar-refractivity contribution in [1.82, 2.24) is 0 Å². The van der Waals surface area contributed by atoms with Crippen molar-refractivity contribution in [3.05, 3.63) is 48.6 Å². The molecule has 0 aliphatic heterocycles. The van der Waals surface area contributed by atoms with Crippen LogP contribution in [0, 0.1) is 0 Å². The molecule has 0 aliphatic rings. The molecule has 0 aliphatic carbocycles. The first-order chi connectivity index (χ1) is 8.06. The standard InChI is InChI=1S/C14H20O3/c1-3-14(2,16)13(15)9-10-17-11-12-7-5-4-6-8-12/h3-8,13,15-16H,1,9-11H2,2H3/t13-,14+/m1/s1. The molecule has 1 rings (SSSR count). The SMILES string of the molecule is C=C[C@](C)(O)[C@H](O)CCOCc1ccccc1. The van der Waals surface area contributed by atoms with Crippen molar-refractivity contribution in [3.63, 3.8) is 0 Å². The van der Waals surface area contributed by atoms with Crippen LogP contribution >= 0.6 is 0 Å². The van der Waals surface area contributed by atoms with Gasteiger partial charge in [0.05, 0.1) is 12.7 Å². The molecule has 2 atom stereocenters. The van der Waals surface area contributed by atoms with Crippen LogP contribution in [0.5, 0.6) is 0 Å². The Labute approximate surface area is 102 Å². The summed E-state index contributed by atoms with van der Waals surface area (Å²) in [5, 5.41) is 19.4. The maximum Gasteiger partial charge on any atom is 0.106 e. The normalized spacial score (nSPS) is 16.2. The van der Waals surface area contributed by atoms with Gasteiger partial charge in [-0.05, 0) is 18.9 Å². The maximum atomic E-state index is 9.68. The Hall–Kier alpha value is -1.16. The molecule has 1 aromatic rings. The number of aliphatic hydroxyl groups is 2.